The van der Waals surface area contributed by atoms with Crippen molar-refractivity contribution >= 4 is 9.84 Å². The molecular weight excluding hydrogens is 227 g/mol. The van der Waals surface area contributed by atoms with Crippen LogP contribution in [0, 0.1) is 11.7 Å². The minimum Gasteiger partial charge on any atom is -0.228 e. The Morgan fingerprint density at radius 2 is 2.00 bits per heavy atom. The molecule has 2 nitrogen and oxygen atoms in total. The highest BCUT2D eigenvalue weighted by atomic mass is 32.2. The normalized spacial score (nSPS) is 12.0. The van der Waals surface area contributed by atoms with Crippen LogP contribution < -0.4 is 0 Å². The number of rotatable bonds is 5. The third-order valence-corrected chi connectivity index (χ3v) is 3.91. The number of hydrogen-bond acceptors (Lipinski definition) is 2. The van der Waals surface area contributed by atoms with Crippen molar-refractivity contribution in [1.29, 1.82) is 0 Å². The molecule has 0 aliphatic carbocycles. The van der Waals surface area contributed by atoms with Crippen molar-refractivity contribution in [3.63, 3.8) is 0 Å². The Labute approximate surface area is 96.4 Å². The Bertz CT molecular complexity index is 438. The Kier molecular flexibility index (Phi) is 4.47. The van der Waals surface area contributed by atoms with Gasteiger partial charge in [0, 0.05) is 0 Å². The van der Waals surface area contributed by atoms with Gasteiger partial charge < -0.3 is 0 Å². The monoisotopic (exact) mass is 244 g/mol. The number of benzene rings is 1. The van der Waals surface area contributed by atoms with E-state index in [-0.39, 0.29) is 11.5 Å². The maximum absolute atomic E-state index is 12.9. The summed E-state index contributed by atoms with van der Waals surface area (Å²) in [6.45, 7) is 3.97. The van der Waals surface area contributed by atoms with Gasteiger partial charge in [0.25, 0.3) is 0 Å². The maximum Gasteiger partial charge on any atom is 0.154 e. The van der Waals surface area contributed by atoms with E-state index >= 15 is 0 Å². The molecule has 0 aromatic heterocycles. The van der Waals surface area contributed by atoms with Gasteiger partial charge in [0.05, 0.1) is 11.5 Å². The predicted molar refractivity (Wildman–Crippen MR) is 63.3 cm³/mol. The summed E-state index contributed by atoms with van der Waals surface area (Å²) in [5.74, 6) is 0.0670. The number of sulfone groups is 1. The lowest BCUT2D eigenvalue weighted by atomic mass is 10.2. The quantitative estimate of drug-likeness (QED) is 0.798. The third-order valence-electron chi connectivity index (χ3n) is 2.28. The second-order valence-corrected chi connectivity index (χ2v) is 6.59. The summed E-state index contributed by atoms with van der Waals surface area (Å²) in [4.78, 5) is 0. The van der Waals surface area contributed by atoms with Gasteiger partial charge in [-0.2, -0.15) is 0 Å². The molecule has 0 radical (unpaired) electrons. The first-order valence-electron chi connectivity index (χ1n) is 5.34. The van der Waals surface area contributed by atoms with Crippen molar-refractivity contribution in [3.8, 4) is 0 Å². The van der Waals surface area contributed by atoms with Crippen LogP contribution in [-0.2, 0) is 15.6 Å². The molecule has 0 N–H and O–H groups in total. The smallest absolute Gasteiger partial charge is 0.154 e. The molecular formula is C12H17FO2S. The number of hydrogen-bond donors (Lipinski definition) is 0. The van der Waals surface area contributed by atoms with Gasteiger partial charge in [-0.25, -0.2) is 12.8 Å². The van der Waals surface area contributed by atoms with Crippen LogP contribution in [0.3, 0.4) is 0 Å². The molecule has 0 unspecified atom stereocenters. The first-order valence-corrected chi connectivity index (χ1v) is 7.16. The second kappa shape index (κ2) is 5.43. The summed E-state index contributed by atoms with van der Waals surface area (Å²) in [5.41, 5.74) is 0.517. The molecule has 0 aliphatic heterocycles. The standard InChI is InChI=1S/C12H17FO2S/c1-10(2)6-7-16(14,15)9-11-4-3-5-12(13)8-11/h3-5,8,10H,6-7,9H2,1-2H3. The molecule has 0 bridgehead atoms. The minimum absolute atomic E-state index is 0.0719. The predicted octanol–water partition coefficient (Wildman–Crippen LogP) is 2.79. The molecule has 1 aromatic rings. The van der Waals surface area contributed by atoms with E-state index in [0.29, 0.717) is 17.9 Å². The van der Waals surface area contributed by atoms with Crippen LogP contribution in [-0.4, -0.2) is 14.2 Å². The molecule has 0 fully saturated rings. The SMILES string of the molecule is CC(C)CCS(=O)(=O)Cc1cccc(F)c1. The van der Waals surface area contributed by atoms with Crippen LogP contribution in [0.5, 0.6) is 0 Å². The lowest BCUT2D eigenvalue weighted by molar-refractivity contribution is 0.572. The first-order chi connectivity index (χ1) is 7.39. The highest BCUT2D eigenvalue weighted by Gasteiger charge is 2.13. The van der Waals surface area contributed by atoms with Crippen LogP contribution in [0.1, 0.15) is 25.8 Å². The van der Waals surface area contributed by atoms with E-state index in [4.69, 9.17) is 0 Å². The van der Waals surface area contributed by atoms with Crippen LogP contribution in [0.4, 0.5) is 4.39 Å². The zero-order valence-electron chi connectivity index (χ0n) is 9.61. The van der Waals surface area contributed by atoms with Gasteiger partial charge in [-0.3, -0.25) is 0 Å². The van der Waals surface area contributed by atoms with E-state index in [9.17, 15) is 12.8 Å². The van der Waals surface area contributed by atoms with Gasteiger partial charge in [0.1, 0.15) is 5.82 Å². The fourth-order valence-electron chi connectivity index (χ4n) is 1.37. The van der Waals surface area contributed by atoms with Crippen molar-refractivity contribution in [2.75, 3.05) is 5.75 Å². The van der Waals surface area contributed by atoms with Crippen LogP contribution in [0.25, 0.3) is 0 Å². The zero-order chi connectivity index (χ0) is 12.2. The van der Waals surface area contributed by atoms with Crippen LogP contribution >= 0.6 is 0 Å². The fourth-order valence-corrected chi connectivity index (χ4v) is 3.03. The molecule has 0 aliphatic rings. The van der Waals surface area contributed by atoms with Gasteiger partial charge >= 0.3 is 0 Å². The van der Waals surface area contributed by atoms with Crippen molar-refractivity contribution in [2.24, 2.45) is 5.92 Å². The van der Waals surface area contributed by atoms with Crippen LogP contribution in [0.15, 0.2) is 24.3 Å². The van der Waals surface area contributed by atoms with Gasteiger partial charge in [0.15, 0.2) is 9.84 Å². The van der Waals surface area contributed by atoms with Crippen molar-refractivity contribution in [3.05, 3.63) is 35.6 Å². The summed E-state index contributed by atoms with van der Waals surface area (Å²) < 4.78 is 36.2. The average molecular weight is 244 g/mol. The molecule has 0 saturated carbocycles. The van der Waals surface area contributed by atoms with E-state index < -0.39 is 15.7 Å². The first kappa shape index (κ1) is 13.2. The van der Waals surface area contributed by atoms with E-state index in [1.807, 2.05) is 13.8 Å². The molecule has 1 rings (SSSR count). The minimum atomic E-state index is -3.11. The van der Waals surface area contributed by atoms with E-state index in [2.05, 4.69) is 0 Å². The zero-order valence-corrected chi connectivity index (χ0v) is 10.4. The highest BCUT2D eigenvalue weighted by molar-refractivity contribution is 7.90. The summed E-state index contributed by atoms with van der Waals surface area (Å²) in [7, 11) is -3.11. The summed E-state index contributed by atoms with van der Waals surface area (Å²) in [6.07, 6.45) is 0.650. The summed E-state index contributed by atoms with van der Waals surface area (Å²) in [6, 6.07) is 5.75. The maximum atomic E-state index is 12.9. The third kappa shape index (κ3) is 4.75. The number of halogens is 1. The molecule has 0 atom stereocenters. The average Bonchev–Trinajstić information content (AvgIpc) is 2.14. The molecule has 16 heavy (non-hydrogen) atoms. The van der Waals surface area contributed by atoms with Gasteiger partial charge in [-0.1, -0.05) is 26.0 Å². The van der Waals surface area contributed by atoms with Gasteiger partial charge in [0.2, 0.25) is 0 Å². The largest absolute Gasteiger partial charge is 0.228 e. The van der Waals surface area contributed by atoms with Crippen molar-refractivity contribution in [2.45, 2.75) is 26.0 Å². The lowest BCUT2D eigenvalue weighted by Gasteiger charge is -2.06. The molecule has 0 saturated heterocycles. The Hall–Kier alpha value is -0.900. The van der Waals surface area contributed by atoms with Gasteiger partial charge in [-0.05, 0) is 30.0 Å². The molecule has 1 aromatic carbocycles. The second-order valence-electron chi connectivity index (χ2n) is 4.40. The molecule has 0 spiro atoms. The molecule has 90 valence electrons. The van der Waals surface area contributed by atoms with Gasteiger partial charge in [-0.15, -0.1) is 0 Å². The highest BCUT2D eigenvalue weighted by Crippen LogP contribution is 2.11. The summed E-state index contributed by atoms with van der Waals surface area (Å²) >= 11 is 0. The van der Waals surface area contributed by atoms with E-state index in [0.717, 1.165) is 0 Å². The van der Waals surface area contributed by atoms with Crippen LogP contribution in [0.2, 0.25) is 0 Å². The molecule has 0 amide bonds. The fraction of sp³-hybridized carbons (Fsp3) is 0.500. The van der Waals surface area contributed by atoms with Crippen molar-refractivity contribution in [1.82, 2.24) is 0 Å². The van der Waals surface area contributed by atoms with E-state index in [1.165, 1.54) is 18.2 Å². The lowest BCUT2D eigenvalue weighted by Crippen LogP contribution is -2.11. The summed E-state index contributed by atoms with van der Waals surface area (Å²) in [5, 5.41) is 0. The molecule has 4 heteroatoms. The Balaban J connectivity index is 2.66. The Morgan fingerprint density at radius 1 is 1.31 bits per heavy atom. The Morgan fingerprint density at radius 3 is 2.56 bits per heavy atom. The molecule has 0 heterocycles. The van der Waals surface area contributed by atoms with Crippen molar-refractivity contribution < 1.29 is 12.8 Å². The van der Waals surface area contributed by atoms with E-state index in [1.54, 1.807) is 6.07 Å². The topological polar surface area (TPSA) is 34.1 Å².